The van der Waals surface area contributed by atoms with Gasteiger partial charge in [0.15, 0.2) is 0 Å². The van der Waals surface area contributed by atoms with E-state index in [-0.39, 0.29) is 35.6 Å². The highest BCUT2D eigenvalue weighted by atomic mass is 16.6. The van der Waals surface area contributed by atoms with Crippen molar-refractivity contribution in [2.75, 3.05) is 13.1 Å². The van der Waals surface area contributed by atoms with Gasteiger partial charge < -0.3 is 25.6 Å². The highest BCUT2D eigenvalue weighted by Crippen LogP contribution is 2.65. The molecule has 1 aliphatic heterocycles. The summed E-state index contributed by atoms with van der Waals surface area (Å²) in [4.78, 5) is 66.3. The zero-order valence-corrected chi connectivity index (χ0v) is 23.5. The van der Waals surface area contributed by atoms with Gasteiger partial charge in [-0.1, -0.05) is 47.1 Å². The number of amides is 4. The molecule has 0 bridgehead atoms. The lowest BCUT2D eigenvalue weighted by Crippen LogP contribution is -2.59. The second kappa shape index (κ2) is 11.6. The van der Waals surface area contributed by atoms with Crippen molar-refractivity contribution in [3.63, 3.8) is 0 Å². The lowest BCUT2D eigenvalue weighted by molar-refractivity contribution is -0.144. The van der Waals surface area contributed by atoms with Crippen LogP contribution in [0.4, 0.5) is 4.79 Å². The molecule has 1 saturated heterocycles. The Kier molecular flexibility index (Phi) is 9.54. The minimum Gasteiger partial charge on any atom is -0.444 e. The van der Waals surface area contributed by atoms with Crippen LogP contribution in [0.25, 0.3) is 0 Å². The molecule has 1 heterocycles. The number of alkyl carbamates (subject to hydrolysis) is 1. The van der Waals surface area contributed by atoms with E-state index in [9.17, 15) is 24.0 Å². The first-order chi connectivity index (χ1) is 17.1. The molecule has 208 valence electrons. The van der Waals surface area contributed by atoms with Gasteiger partial charge in [0.1, 0.15) is 17.7 Å². The van der Waals surface area contributed by atoms with E-state index in [1.54, 1.807) is 20.8 Å². The third-order valence-electron chi connectivity index (χ3n) is 7.21. The van der Waals surface area contributed by atoms with Crippen molar-refractivity contribution >= 4 is 29.6 Å². The fourth-order valence-electron chi connectivity index (χ4n) is 5.16. The predicted octanol–water partition coefficient (Wildman–Crippen LogP) is 2.17. The fourth-order valence-corrected chi connectivity index (χ4v) is 5.16. The number of hydrogen-bond acceptors (Lipinski definition) is 6. The van der Waals surface area contributed by atoms with Crippen LogP contribution >= 0.6 is 0 Å². The monoisotopic (exact) mass is 520 g/mol. The van der Waals surface area contributed by atoms with Gasteiger partial charge in [-0.3, -0.25) is 19.2 Å². The highest BCUT2D eigenvalue weighted by Gasteiger charge is 2.69. The molecular weight excluding hydrogens is 476 g/mol. The van der Waals surface area contributed by atoms with Crippen molar-refractivity contribution in [1.29, 1.82) is 0 Å². The number of Topliss-reactive ketones (excluding diaryl/α,β-unsaturated/α-hetero) is 1. The molecule has 0 radical (unpaired) electrons. The van der Waals surface area contributed by atoms with Crippen LogP contribution in [-0.4, -0.2) is 71.3 Å². The molecule has 10 heteroatoms. The van der Waals surface area contributed by atoms with E-state index in [0.29, 0.717) is 19.4 Å². The quantitative estimate of drug-likeness (QED) is 0.282. The fraction of sp³-hybridized carbons (Fsp3) is 0.741. The number of fused-ring (bicyclic) bond motifs is 1. The molecule has 1 aliphatic carbocycles. The van der Waals surface area contributed by atoms with Crippen molar-refractivity contribution in [1.82, 2.24) is 20.9 Å². The number of rotatable bonds is 11. The zero-order valence-electron chi connectivity index (χ0n) is 23.5. The predicted molar refractivity (Wildman–Crippen MR) is 139 cm³/mol. The van der Waals surface area contributed by atoms with E-state index in [2.05, 4.69) is 36.4 Å². The number of nitrogens with zero attached hydrogens (tertiary/aromatic N) is 1. The zero-order chi connectivity index (χ0) is 28.3. The van der Waals surface area contributed by atoms with Crippen molar-refractivity contribution in [2.45, 2.75) is 92.0 Å². The molecule has 3 N–H and O–H groups in total. The highest BCUT2D eigenvalue weighted by molar-refractivity contribution is 6.38. The van der Waals surface area contributed by atoms with Crippen LogP contribution < -0.4 is 16.0 Å². The Hall–Kier alpha value is -2.91. The van der Waals surface area contributed by atoms with Gasteiger partial charge in [0.25, 0.3) is 5.91 Å². The maximum atomic E-state index is 13.7. The molecule has 2 aliphatic rings. The molecule has 0 aromatic rings. The molecule has 0 aromatic heterocycles. The largest absolute Gasteiger partial charge is 0.444 e. The van der Waals surface area contributed by atoms with Gasteiger partial charge in [0.2, 0.25) is 17.6 Å². The second-order valence-corrected chi connectivity index (χ2v) is 12.0. The number of carbonyl (C=O) groups is 5. The standard InChI is InChI=1S/C27H44N4O6/c1-10-12-17(21(32)23(34)28-13-11-2)29-22(33)20-18-16(27(18,8)9)14-31(20)24(35)19(15(3)4)30-25(36)37-26(5,6)7/h11,15-20H,2,10,12-14H2,1,3-9H3,(H,28,34)(H,29,33)(H,30,36). The molecule has 4 amide bonds. The number of likely N-dealkylation sites (tertiary alicyclic amines) is 1. The third-order valence-corrected chi connectivity index (χ3v) is 7.21. The van der Waals surface area contributed by atoms with Crippen molar-refractivity contribution in [3.8, 4) is 0 Å². The molecule has 2 rings (SSSR count). The van der Waals surface area contributed by atoms with E-state index < -0.39 is 47.4 Å². The Morgan fingerprint density at radius 1 is 1.14 bits per heavy atom. The summed E-state index contributed by atoms with van der Waals surface area (Å²) in [6, 6.07) is -2.69. The van der Waals surface area contributed by atoms with Gasteiger partial charge in [-0.2, -0.15) is 0 Å². The summed E-state index contributed by atoms with van der Waals surface area (Å²) in [6.07, 6.45) is 1.63. The smallest absolute Gasteiger partial charge is 0.408 e. The first-order valence-corrected chi connectivity index (χ1v) is 13.1. The summed E-state index contributed by atoms with van der Waals surface area (Å²) in [6.45, 7) is 18.8. The minimum atomic E-state index is -0.999. The van der Waals surface area contributed by atoms with Crippen molar-refractivity contribution < 1.29 is 28.7 Å². The molecule has 5 unspecified atom stereocenters. The Bertz CT molecular complexity index is 922. The maximum Gasteiger partial charge on any atom is 0.408 e. The molecule has 5 atom stereocenters. The Labute approximate surface area is 220 Å². The van der Waals surface area contributed by atoms with Crippen LogP contribution in [0.5, 0.6) is 0 Å². The second-order valence-electron chi connectivity index (χ2n) is 12.0. The lowest BCUT2D eigenvalue weighted by Gasteiger charge is -2.35. The molecule has 2 fully saturated rings. The van der Waals surface area contributed by atoms with Crippen LogP contribution in [0.1, 0.15) is 68.2 Å². The minimum absolute atomic E-state index is 0.0854. The average Bonchev–Trinajstić information content (AvgIpc) is 3.11. The molecule has 10 nitrogen and oxygen atoms in total. The van der Waals surface area contributed by atoms with Crippen LogP contribution in [0.2, 0.25) is 0 Å². The number of piperidine rings is 1. The summed E-state index contributed by atoms with van der Waals surface area (Å²) < 4.78 is 5.34. The van der Waals surface area contributed by atoms with Gasteiger partial charge in [0.05, 0.1) is 6.04 Å². The summed E-state index contributed by atoms with van der Waals surface area (Å²) in [7, 11) is 0. The first kappa shape index (κ1) is 30.3. The topological polar surface area (TPSA) is 134 Å². The van der Waals surface area contributed by atoms with Crippen molar-refractivity contribution in [2.24, 2.45) is 23.2 Å². The molecular formula is C27H44N4O6. The number of nitrogens with one attached hydrogen (secondary N) is 3. The van der Waals surface area contributed by atoms with Crippen LogP contribution in [0.15, 0.2) is 12.7 Å². The Morgan fingerprint density at radius 2 is 1.76 bits per heavy atom. The van der Waals surface area contributed by atoms with Crippen LogP contribution in [0, 0.1) is 23.2 Å². The third kappa shape index (κ3) is 7.11. The summed E-state index contributed by atoms with van der Waals surface area (Å²) in [5.74, 6) is -2.57. The molecule has 37 heavy (non-hydrogen) atoms. The Morgan fingerprint density at radius 3 is 2.27 bits per heavy atom. The molecule has 0 aromatic carbocycles. The van der Waals surface area contributed by atoms with Gasteiger partial charge in [-0.25, -0.2) is 4.79 Å². The van der Waals surface area contributed by atoms with E-state index in [4.69, 9.17) is 4.74 Å². The number of carbonyl (C=O) groups excluding carboxylic acids is 5. The average molecular weight is 521 g/mol. The van der Waals surface area contributed by atoms with Gasteiger partial charge in [-0.15, -0.1) is 6.58 Å². The molecule has 1 saturated carbocycles. The lowest BCUT2D eigenvalue weighted by atomic mass is 9.97. The van der Waals surface area contributed by atoms with Gasteiger partial charge in [0, 0.05) is 13.1 Å². The van der Waals surface area contributed by atoms with E-state index in [1.165, 1.54) is 11.0 Å². The SMILES string of the molecule is C=CCNC(=O)C(=O)C(CCC)NC(=O)C1C2C(CN1C(=O)C(NC(=O)OC(C)(C)C)C(C)C)C2(C)C. The van der Waals surface area contributed by atoms with Gasteiger partial charge >= 0.3 is 6.09 Å². The van der Waals surface area contributed by atoms with E-state index in [1.807, 2.05) is 20.8 Å². The maximum absolute atomic E-state index is 13.7. The number of ether oxygens (including phenoxy) is 1. The van der Waals surface area contributed by atoms with Crippen molar-refractivity contribution in [3.05, 3.63) is 12.7 Å². The number of hydrogen-bond donors (Lipinski definition) is 3. The van der Waals surface area contributed by atoms with Gasteiger partial charge in [-0.05, 0) is 50.4 Å². The summed E-state index contributed by atoms with van der Waals surface area (Å²) >= 11 is 0. The molecule has 0 spiro atoms. The number of ketones is 1. The van der Waals surface area contributed by atoms with E-state index >= 15 is 0 Å². The summed E-state index contributed by atoms with van der Waals surface area (Å²) in [5.41, 5.74) is -0.870. The summed E-state index contributed by atoms with van der Waals surface area (Å²) in [5, 5.41) is 7.89. The van der Waals surface area contributed by atoms with E-state index in [0.717, 1.165) is 0 Å². The normalized spacial score (nSPS) is 23.4. The van der Waals surface area contributed by atoms with Crippen LogP contribution in [-0.2, 0) is 23.9 Å². The Balaban J connectivity index is 2.25. The first-order valence-electron chi connectivity index (χ1n) is 13.1. The van der Waals surface area contributed by atoms with Crippen LogP contribution in [0.3, 0.4) is 0 Å².